The Bertz CT molecular complexity index is 853. The standard InChI is InChI=1S/C19H23N3O2S/c1-12(2)20-10-4-3-6-14(23)13-8-9-15(24)18-17(13)21-19(22-18)16-7-5-11-25-16/h5,7-9,11-12,20,24H,3-4,6,10H2,1-2H3,(H,21,22). The Kier molecular flexibility index (Phi) is 5.50. The van der Waals surface area contributed by atoms with Gasteiger partial charge in [0.1, 0.15) is 22.6 Å². The number of fused-ring (bicyclic) bond motifs is 1. The van der Waals surface area contributed by atoms with E-state index in [9.17, 15) is 9.90 Å². The summed E-state index contributed by atoms with van der Waals surface area (Å²) in [5.41, 5.74) is 1.65. The van der Waals surface area contributed by atoms with Gasteiger partial charge in [0.25, 0.3) is 0 Å². The molecule has 0 amide bonds. The van der Waals surface area contributed by atoms with E-state index in [2.05, 4.69) is 29.1 Å². The number of rotatable bonds is 8. The second kappa shape index (κ2) is 7.80. The van der Waals surface area contributed by atoms with Crippen LogP contribution in [0.15, 0.2) is 29.6 Å². The molecule has 1 aromatic carbocycles. The maximum Gasteiger partial charge on any atom is 0.165 e. The van der Waals surface area contributed by atoms with E-state index in [0.717, 1.165) is 24.3 Å². The molecule has 2 heterocycles. The molecule has 0 unspecified atom stereocenters. The number of hydrogen-bond acceptors (Lipinski definition) is 5. The van der Waals surface area contributed by atoms with Crippen LogP contribution in [-0.4, -0.2) is 33.4 Å². The fourth-order valence-corrected chi connectivity index (χ4v) is 3.44. The number of hydrogen-bond donors (Lipinski definition) is 3. The molecule has 0 atom stereocenters. The number of aromatic hydroxyl groups is 1. The average Bonchev–Trinajstić information content (AvgIpc) is 3.24. The molecule has 0 fully saturated rings. The van der Waals surface area contributed by atoms with Crippen LogP contribution in [0.25, 0.3) is 21.7 Å². The van der Waals surface area contributed by atoms with Crippen LogP contribution in [0.5, 0.6) is 5.75 Å². The molecule has 0 aliphatic rings. The molecular formula is C19H23N3O2S. The molecule has 0 aliphatic heterocycles. The van der Waals surface area contributed by atoms with Crippen LogP contribution in [0, 0.1) is 0 Å². The smallest absolute Gasteiger partial charge is 0.165 e. The third-order valence-corrected chi connectivity index (χ3v) is 4.94. The number of ketones is 1. The normalized spacial score (nSPS) is 11.5. The zero-order valence-corrected chi connectivity index (χ0v) is 15.3. The van der Waals surface area contributed by atoms with Gasteiger partial charge in [-0.05, 0) is 43.0 Å². The van der Waals surface area contributed by atoms with Crippen molar-refractivity contribution in [3.8, 4) is 16.5 Å². The minimum Gasteiger partial charge on any atom is -0.506 e. The Morgan fingerprint density at radius 3 is 2.88 bits per heavy atom. The van der Waals surface area contributed by atoms with Crippen molar-refractivity contribution in [3.63, 3.8) is 0 Å². The second-order valence-electron chi connectivity index (χ2n) is 6.41. The molecule has 132 valence electrons. The van der Waals surface area contributed by atoms with E-state index in [0.29, 0.717) is 34.9 Å². The first kappa shape index (κ1) is 17.6. The first-order valence-corrected chi connectivity index (χ1v) is 9.46. The molecule has 0 saturated heterocycles. The fraction of sp³-hybridized carbons (Fsp3) is 0.368. The van der Waals surface area contributed by atoms with Gasteiger partial charge in [-0.25, -0.2) is 4.98 Å². The zero-order valence-electron chi connectivity index (χ0n) is 14.5. The Balaban J connectivity index is 1.77. The number of aromatic amines is 1. The van der Waals surface area contributed by atoms with Gasteiger partial charge in [0.15, 0.2) is 5.78 Å². The van der Waals surface area contributed by atoms with Gasteiger partial charge >= 0.3 is 0 Å². The number of thiophene rings is 1. The lowest BCUT2D eigenvalue weighted by Gasteiger charge is -2.07. The molecule has 0 bridgehead atoms. The highest BCUT2D eigenvalue weighted by Crippen LogP contribution is 2.31. The second-order valence-corrected chi connectivity index (χ2v) is 7.36. The maximum atomic E-state index is 12.6. The highest BCUT2D eigenvalue weighted by Gasteiger charge is 2.17. The summed E-state index contributed by atoms with van der Waals surface area (Å²) in [6.07, 6.45) is 2.29. The third kappa shape index (κ3) is 4.08. The molecule has 0 saturated carbocycles. The summed E-state index contributed by atoms with van der Waals surface area (Å²) in [6, 6.07) is 7.61. The number of imidazole rings is 1. The number of aromatic nitrogens is 2. The Morgan fingerprint density at radius 2 is 2.16 bits per heavy atom. The minimum absolute atomic E-state index is 0.0683. The van der Waals surface area contributed by atoms with Gasteiger partial charge < -0.3 is 15.4 Å². The SMILES string of the molecule is CC(C)NCCCCC(=O)c1ccc(O)c2[nH]c(-c3cccs3)nc12. The minimum atomic E-state index is 0.0683. The van der Waals surface area contributed by atoms with Crippen molar-refractivity contribution in [1.82, 2.24) is 15.3 Å². The Labute approximate surface area is 151 Å². The Hall–Kier alpha value is -2.18. The van der Waals surface area contributed by atoms with Crippen LogP contribution in [0.2, 0.25) is 0 Å². The monoisotopic (exact) mass is 357 g/mol. The molecule has 3 rings (SSSR count). The van der Waals surface area contributed by atoms with Gasteiger partial charge in [0.2, 0.25) is 0 Å². The summed E-state index contributed by atoms with van der Waals surface area (Å²) in [5, 5.41) is 15.4. The van der Waals surface area contributed by atoms with E-state index >= 15 is 0 Å². The molecule has 25 heavy (non-hydrogen) atoms. The van der Waals surface area contributed by atoms with E-state index in [1.807, 2.05) is 17.5 Å². The van der Waals surface area contributed by atoms with Crippen molar-refractivity contribution in [2.75, 3.05) is 6.54 Å². The van der Waals surface area contributed by atoms with Crippen molar-refractivity contribution >= 4 is 28.2 Å². The highest BCUT2D eigenvalue weighted by atomic mass is 32.1. The van der Waals surface area contributed by atoms with Crippen LogP contribution >= 0.6 is 11.3 Å². The molecule has 6 heteroatoms. The number of phenolic OH excluding ortho intramolecular Hbond substituents is 1. The van der Waals surface area contributed by atoms with Crippen molar-refractivity contribution in [2.24, 2.45) is 0 Å². The number of benzene rings is 1. The fourth-order valence-electron chi connectivity index (χ4n) is 2.77. The summed E-state index contributed by atoms with van der Waals surface area (Å²) in [6.45, 7) is 5.14. The van der Waals surface area contributed by atoms with Crippen LogP contribution < -0.4 is 5.32 Å². The first-order valence-electron chi connectivity index (χ1n) is 8.58. The molecular weight excluding hydrogens is 334 g/mol. The van der Waals surface area contributed by atoms with E-state index in [-0.39, 0.29) is 11.5 Å². The Morgan fingerprint density at radius 1 is 1.32 bits per heavy atom. The predicted octanol–water partition coefficient (Wildman–Crippen LogP) is 4.35. The summed E-state index contributed by atoms with van der Waals surface area (Å²) in [7, 11) is 0. The van der Waals surface area contributed by atoms with E-state index in [1.54, 1.807) is 23.5 Å². The number of H-pyrrole nitrogens is 1. The van der Waals surface area contributed by atoms with Crippen molar-refractivity contribution < 1.29 is 9.90 Å². The lowest BCUT2D eigenvalue weighted by molar-refractivity contribution is 0.0981. The number of phenols is 1. The topological polar surface area (TPSA) is 78.0 Å². The first-order chi connectivity index (χ1) is 12.1. The van der Waals surface area contributed by atoms with Crippen LogP contribution in [0.3, 0.4) is 0 Å². The number of nitrogens with zero attached hydrogens (tertiary/aromatic N) is 1. The number of carbonyl (C=O) groups excluding carboxylic acids is 1. The molecule has 0 spiro atoms. The zero-order chi connectivity index (χ0) is 17.8. The van der Waals surface area contributed by atoms with Crippen molar-refractivity contribution in [2.45, 2.75) is 39.2 Å². The largest absolute Gasteiger partial charge is 0.506 e. The van der Waals surface area contributed by atoms with E-state index in [4.69, 9.17) is 0 Å². The van der Waals surface area contributed by atoms with Crippen molar-refractivity contribution in [3.05, 3.63) is 35.2 Å². The van der Waals surface area contributed by atoms with Gasteiger partial charge in [0, 0.05) is 18.0 Å². The maximum absolute atomic E-state index is 12.6. The summed E-state index contributed by atoms with van der Waals surface area (Å²) >= 11 is 1.57. The van der Waals surface area contributed by atoms with E-state index < -0.39 is 0 Å². The molecule has 0 radical (unpaired) electrons. The molecule has 2 aromatic heterocycles. The summed E-state index contributed by atoms with van der Waals surface area (Å²) in [4.78, 5) is 21.3. The van der Waals surface area contributed by atoms with Gasteiger partial charge in [-0.1, -0.05) is 19.9 Å². The third-order valence-electron chi connectivity index (χ3n) is 4.06. The van der Waals surface area contributed by atoms with Gasteiger partial charge in [-0.3, -0.25) is 4.79 Å². The van der Waals surface area contributed by atoms with Gasteiger partial charge in [0.05, 0.1) is 4.88 Å². The van der Waals surface area contributed by atoms with Crippen molar-refractivity contribution in [1.29, 1.82) is 0 Å². The molecule has 0 aliphatic carbocycles. The van der Waals surface area contributed by atoms with Crippen LogP contribution in [0.1, 0.15) is 43.5 Å². The van der Waals surface area contributed by atoms with E-state index in [1.165, 1.54) is 0 Å². The average molecular weight is 357 g/mol. The summed E-state index contributed by atoms with van der Waals surface area (Å²) in [5.74, 6) is 0.864. The lowest BCUT2D eigenvalue weighted by atomic mass is 10.0. The number of nitrogens with one attached hydrogen (secondary N) is 2. The predicted molar refractivity (Wildman–Crippen MR) is 102 cm³/mol. The van der Waals surface area contributed by atoms with Gasteiger partial charge in [-0.15, -0.1) is 11.3 Å². The number of carbonyl (C=O) groups is 1. The quantitative estimate of drug-likeness (QED) is 0.414. The number of unbranched alkanes of at least 4 members (excludes halogenated alkanes) is 1. The molecule has 3 N–H and O–H groups in total. The number of Topliss-reactive ketones (excluding diaryl/α,β-unsaturated/α-hetero) is 1. The van der Waals surface area contributed by atoms with Gasteiger partial charge in [-0.2, -0.15) is 0 Å². The highest BCUT2D eigenvalue weighted by molar-refractivity contribution is 7.13. The van der Waals surface area contributed by atoms with Crippen LogP contribution in [0.4, 0.5) is 0 Å². The molecule has 3 aromatic rings. The van der Waals surface area contributed by atoms with Crippen LogP contribution in [-0.2, 0) is 0 Å². The summed E-state index contributed by atoms with van der Waals surface area (Å²) < 4.78 is 0. The molecule has 5 nitrogen and oxygen atoms in total. The lowest BCUT2D eigenvalue weighted by Crippen LogP contribution is -2.23.